The molecule has 0 radical (unpaired) electrons. The van der Waals surface area contributed by atoms with Crippen LogP contribution in [0.5, 0.6) is 5.75 Å². The third-order valence-corrected chi connectivity index (χ3v) is 5.42. The van der Waals surface area contributed by atoms with Crippen LogP contribution in [0.2, 0.25) is 0 Å². The third kappa shape index (κ3) is 9.38. The number of halogens is 3. The first-order chi connectivity index (χ1) is 15.8. The number of alkyl halides is 3. The fourth-order valence-electron chi connectivity index (χ4n) is 3.31. The van der Waals surface area contributed by atoms with E-state index < -0.39 is 24.2 Å². The van der Waals surface area contributed by atoms with Crippen LogP contribution in [0.4, 0.5) is 13.2 Å². The van der Waals surface area contributed by atoms with E-state index in [2.05, 4.69) is 41.4 Å². The van der Waals surface area contributed by atoms with Gasteiger partial charge in [0.25, 0.3) is 0 Å². The minimum Gasteiger partial charge on any atom is -0.480 e. The summed E-state index contributed by atoms with van der Waals surface area (Å²) in [7, 11) is 0. The Hall–Kier alpha value is -3.14. The van der Waals surface area contributed by atoms with Gasteiger partial charge in [0, 0.05) is 5.57 Å². The lowest BCUT2D eigenvalue weighted by molar-refractivity contribution is -0.274. The number of nitrogens with zero attached hydrogens (tertiary/aromatic N) is 1. The number of carboxylic acids is 1. The van der Waals surface area contributed by atoms with Crippen LogP contribution in [0.25, 0.3) is 6.08 Å². The lowest BCUT2D eigenvalue weighted by Gasteiger charge is -2.25. The molecule has 1 aromatic rings. The van der Waals surface area contributed by atoms with Crippen LogP contribution in [-0.4, -0.2) is 48.6 Å². The average molecular weight is 482 g/mol. The second kappa shape index (κ2) is 11.8. The van der Waals surface area contributed by atoms with E-state index in [1.807, 2.05) is 0 Å². The number of allylic oxidation sites excluding steroid dienone is 2. The topological polar surface area (TPSA) is 100 Å². The third-order valence-electron chi connectivity index (χ3n) is 5.42. The molecule has 1 unspecified atom stereocenters. The standard InChI is InChI=1S/C16H13F3N2O4.C8H17N/c17-16(18,19)25-12-5-1-10(2-6-12)3-8-14(22)11-4-7-13(15(23)24)21-20-9-11;1-8(2,3)7-4-5-9-6-7/h1-6,8-9,13,21H,7H2,(H,23,24);7,9H,4-6H2,1-3H3/b8-3+;/t;7-/m.0/s1. The summed E-state index contributed by atoms with van der Waals surface area (Å²) in [6.45, 7) is 9.42. The number of rotatable bonds is 5. The molecule has 0 bridgehead atoms. The highest BCUT2D eigenvalue weighted by Crippen LogP contribution is 2.29. The molecule has 1 aromatic carbocycles. The maximum atomic E-state index is 12.1. The Balaban J connectivity index is 0.000000379. The van der Waals surface area contributed by atoms with Gasteiger partial charge in [0.15, 0.2) is 5.78 Å². The van der Waals surface area contributed by atoms with Gasteiger partial charge in [-0.2, -0.15) is 5.10 Å². The minimum absolute atomic E-state index is 0.0910. The molecule has 2 heterocycles. The molecule has 34 heavy (non-hydrogen) atoms. The van der Waals surface area contributed by atoms with Crippen molar-refractivity contribution in [3.63, 3.8) is 0 Å². The van der Waals surface area contributed by atoms with Crippen LogP contribution < -0.4 is 15.5 Å². The van der Waals surface area contributed by atoms with Crippen LogP contribution in [0.3, 0.4) is 0 Å². The maximum absolute atomic E-state index is 12.1. The van der Waals surface area contributed by atoms with Crippen molar-refractivity contribution in [2.45, 2.75) is 46.0 Å². The van der Waals surface area contributed by atoms with E-state index in [1.54, 1.807) is 0 Å². The first-order valence-electron chi connectivity index (χ1n) is 10.9. The normalized spacial score (nSPS) is 20.6. The second-order valence-corrected chi connectivity index (χ2v) is 9.04. The number of carboxylic acid groups (broad SMARTS) is 1. The molecule has 2 aliphatic rings. The van der Waals surface area contributed by atoms with Gasteiger partial charge in [-0.15, -0.1) is 13.2 Å². The molecule has 2 aliphatic heterocycles. The first-order valence-corrected chi connectivity index (χ1v) is 10.9. The zero-order valence-electron chi connectivity index (χ0n) is 19.4. The van der Waals surface area contributed by atoms with E-state index in [4.69, 9.17) is 5.11 Å². The highest BCUT2D eigenvalue weighted by Gasteiger charge is 2.31. The van der Waals surface area contributed by atoms with Crippen molar-refractivity contribution in [1.29, 1.82) is 0 Å². The highest BCUT2D eigenvalue weighted by molar-refractivity contribution is 6.19. The Morgan fingerprint density at radius 1 is 1.18 bits per heavy atom. The van der Waals surface area contributed by atoms with Gasteiger partial charge in [0.1, 0.15) is 11.8 Å². The number of hydrogen-bond donors (Lipinski definition) is 3. The highest BCUT2D eigenvalue weighted by atomic mass is 19.4. The van der Waals surface area contributed by atoms with Crippen molar-refractivity contribution in [1.82, 2.24) is 10.7 Å². The number of nitrogens with one attached hydrogen (secondary N) is 2. The van der Waals surface area contributed by atoms with E-state index in [0.29, 0.717) is 11.0 Å². The number of hydrazone groups is 1. The van der Waals surface area contributed by atoms with Crippen molar-refractivity contribution in [3.05, 3.63) is 47.6 Å². The van der Waals surface area contributed by atoms with Crippen molar-refractivity contribution in [3.8, 4) is 5.75 Å². The summed E-state index contributed by atoms with van der Waals surface area (Å²) in [5, 5.41) is 15.9. The quantitative estimate of drug-likeness (QED) is 0.546. The van der Waals surface area contributed by atoms with E-state index in [-0.39, 0.29) is 17.7 Å². The van der Waals surface area contributed by atoms with Gasteiger partial charge in [0.05, 0.1) is 6.21 Å². The fraction of sp³-hybridized carbons (Fsp3) is 0.458. The fourth-order valence-corrected chi connectivity index (χ4v) is 3.31. The molecule has 1 fully saturated rings. The van der Waals surface area contributed by atoms with Gasteiger partial charge >= 0.3 is 12.3 Å². The molecule has 2 atom stereocenters. The molecule has 10 heteroatoms. The van der Waals surface area contributed by atoms with Crippen LogP contribution >= 0.6 is 0 Å². The largest absolute Gasteiger partial charge is 0.573 e. The average Bonchev–Trinajstić information content (AvgIpc) is 3.18. The molecule has 0 saturated carbocycles. The van der Waals surface area contributed by atoms with Crippen molar-refractivity contribution < 1.29 is 32.6 Å². The van der Waals surface area contributed by atoms with Crippen LogP contribution in [0.15, 0.2) is 47.1 Å². The van der Waals surface area contributed by atoms with Crippen molar-refractivity contribution in [2.75, 3.05) is 13.1 Å². The van der Waals surface area contributed by atoms with Gasteiger partial charge in [-0.1, -0.05) is 45.1 Å². The molecule has 0 aliphatic carbocycles. The monoisotopic (exact) mass is 481 g/mol. The lowest BCUT2D eigenvalue weighted by Crippen LogP contribution is -2.31. The Labute approximate surface area is 196 Å². The van der Waals surface area contributed by atoms with E-state index in [1.165, 1.54) is 56.1 Å². The van der Waals surface area contributed by atoms with Crippen LogP contribution in [-0.2, 0) is 9.59 Å². The van der Waals surface area contributed by atoms with Crippen LogP contribution in [0.1, 0.15) is 39.2 Å². The van der Waals surface area contributed by atoms with Gasteiger partial charge in [-0.05, 0) is 61.0 Å². The minimum atomic E-state index is -4.76. The van der Waals surface area contributed by atoms with Gasteiger partial charge in [-0.25, -0.2) is 4.79 Å². The lowest BCUT2D eigenvalue weighted by atomic mass is 9.80. The predicted octanol–water partition coefficient (Wildman–Crippen LogP) is 4.17. The molecule has 0 spiro atoms. The van der Waals surface area contributed by atoms with Crippen molar-refractivity contribution in [2.24, 2.45) is 16.4 Å². The molecular weight excluding hydrogens is 451 g/mol. The number of aliphatic carboxylic acids is 1. The van der Waals surface area contributed by atoms with E-state index in [9.17, 15) is 22.8 Å². The number of ether oxygens (including phenoxy) is 1. The summed E-state index contributed by atoms with van der Waals surface area (Å²) >= 11 is 0. The Morgan fingerprint density at radius 2 is 1.85 bits per heavy atom. The molecule has 186 valence electrons. The molecule has 3 N–H and O–H groups in total. The Bertz CT molecular complexity index is 926. The predicted molar refractivity (Wildman–Crippen MR) is 123 cm³/mol. The summed E-state index contributed by atoms with van der Waals surface area (Å²) in [5.41, 5.74) is 3.63. The summed E-state index contributed by atoms with van der Waals surface area (Å²) in [4.78, 5) is 22.9. The molecule has 3 rings (SSSR count). The summed E-state index contributed by atoms with van der Waals surface area (Å²) in [6.07, 6.45) is 2.00. The number of ketones is 1. The van der Waals surface area contributed by atoms with E-state index in [0.717, 1.165) is 18.1 Å². The number of hydrogen-bond acceptors (Lipinski definition) is 6. The van der Waals surface area contributed by atoms with Gasteiger partial charge in [0.2, 0.25) is 0 Å². The molecule has 0 aromatic heterocycles. The summed E-state index contributed by atoms with van der Waals surface area (Å²) in [5.74, 6) is -0.955. The number of carbonyl (C=O) groups is 2. The van der Waals surface area contributed by atoms with Gasteiger partial charge in [-0.3, -0.25) is 10.2 Å². The Morgan fingerprint density at radius 3 is 2.35 bits per heavy atom. The summed E-state index contributed by atoms with van der Waals surface area (Å²) in [6, 6.07) is 4.08. The zero-order valence-corrected chi connectivity index (χ0v) is 19.4. The number of carbonyl (C=O) groups excluding carboxylic acids is 1. The van der Waals surface area contributed by atoms with Gasteiger partial charge < -0.3 is 15.2 Å². The second-order valence-electron chi connectivity index (χ2n) is 9.04. The number of benzene rings is 1. The SMILES string of the molecule is CC(C)(C)[C@H]1CCNC1.O=C(/C=C/c1ccc(OC(F)(F)F)cc1)C1=CCC(C(=O)O)NN=C1. The smallest absolute Gasteiger partial charge is 0.480 e. The first kappa shape index (κ1) is 27.1. The molecule has 0 amide bonds. The molecule has 7 nitrogen and oxygen atoms in total. The Kier molecular flexibility index (Phi) is 9.43. The van der Waals surface area contributed by atoms with Crippen LogP contribution in [0, 0.1) is 11.3 Å². The molecule has 1 saturated heterocycles. The zero-order chi connectivity index (χ0) is 25.4. The maximum Gasteiger partial charge on any atom is 0.573 e. The van der Waals surface area contributed by atoms with Crippen molar-refractivity contribution >= 4 is 24.0 Å². The summed E-state index contributed by atoms with van der Waals surface area (Å²) < 4.78 is 40.0. The van der Waals surface area contributed by atoms with E-state index >= 15 is 0 Å². The molecular formula is C24H30F3N3O4.